The van der Waals surface area contributed by atoms with Gasteiger partial charge in [-0.3, -0.25) is 9.59 Å². The Morgan fingerprint density at radius 2 is 2.35 bits per heavy atom. The van der Waals surface area contributed by atoms with E-state index in [1.54, 1.807) is 6.20 Å². The second kappa shape index (κ2) is 6.83. The molecule has 0 aliphatic carbocycles. The summed E-state index contributed by atoms with van der Waals surface area (Å²) in [5.41, 5.74) is 0.418. The normalized spacial score (nSPS) is 10.2. The zero-order valence-electron chi connectivity index (χ0n) is 10.3. The molecule has 1 aromatic heterocycles. The van der Waals surface area contributed by atoms with Crippen molar-refractivity contribution in [2.45, 2.75) is 39.2 Å². The summed E-state index contributed by atoms with van der Waals surface area (Å²) in [6.07, 6.45) is 5.62. The van der Waals surface area contributed by atoms with E-state index in [1.807, 2.05) is 4.57 Å². The van der Waals surface area contributed by atoms with Crippen molar-refractivity contribution in [1.82, 2.24) is 9.55 Å². The molecule has 0 fully saturated rings. The topological polar surface area (TPSA) is 61.2 Å². The average molecular weight is 238 g/mol. The molecule has 5 heteroatoms. The second-order valence-corrected chi connectivity index (χ2v) is 3.82. The maximum absolute atomic E-state index is 11.1. The van der Waals surface area contributed by atoms with E-state index < -0.39 is 0 Å². The number of aldehydes is 1. The summed E-state index contributed by atoms with van der Waals surface area (Å²) >= 11 is 0. The average Bonchev–Trinajstić information content (AvgIpc) is 2.75. The van der Waals surface area contributed by atoms with E-state index in [1.165, 1.54) is 7.11 Å². The molecule has 5 nitrogen and oxygen atoms in total. The maximum Gasteiger partial charge on any atom is 0.307 e. The minimum Gasteiger partial charge on any atom is -0.469 e. The Balaban J connectivity index is 2.69. The molecule has 0 saturated heterocycles. The molecular weight excluding hydrogens is 220 g/mol. The van der Waals surface area contributed by atoms with Gasteiger partial charge in [0.05, 0.1) is 13.5 Å². The number of imidazole rings is 1. The Labute approximate surface area is 101 Å². The summed E-state index contributed by atoms with van der Waals surface area (Å²) in [6.45, 7) is 2.61. The molecule has 1 rings (SSSR count). The Kier molecular flexibility index (Phi) is 5.39. The van der Waals surface area contributed by atoms with Crippen molar-refractivity contribution < 1.29 is 14.3 Å². The molecule has 0 atom stereocenters. The largest absolute Gasteiger partial charge is 0.469 e. The van der Waals surface area contributed by atoms with Gasteiger partial charge < -0.3 is 9.30 Å². The summed E-state index contributed by atoms with van der Waals surface area (Å²) in [4.78, 5) is 25.9. The van der Waals surface area contributed by atoms with Gasteiger partial charge in [-0.2, -0.15) is 0 Å². The predicted octanol–water partition coefficient (Wildman–Crippen LogP) is 1.60. The van der Waals surface area contributed by atoms with Gasteiger partial charge >= 0.3 is 5.97 Å². The van der Waals surface area contributed by atoms with Crippen molar-refractivity contribution in [1.29, 1.82) is 0 Å². The van der Waals surface area contributed by atoms with E-state index in [0.29, 0.717) is 18.7 Å². The van der Waals surface area contributed by atoms with E-state index in [2.05, 4.69) is 16.6 Å². The lowest BCUT2D eigenvalue weighted by atomic mass is 10.2. The Morgan fingerprint density at radius 3 is 2.94 bits per heavy atom. The third-order valence-corrected chi connectivity index (χ3v) is 2.54. The van der Waals surface area contributed by atoms with E-state index >= 15 is 0 Å². The van der Waals surface area contributed by atoms with E-state index in [9.17, 15) is 9.59 Å². The summed E-state index contributed by atoms with van der Waals surface area (Å²) in [5.74, 6) is 0.602. The minimum atomic E-state index is -0.257. The second-order valence-electron chi connectivity index (χ2n) is 3.82. The number of hydrogen-bond donors (Lipinski definition) is 0. The van der Waals surface area contributed by atoms with Crippen LogP contribution in [0.25, 0.3) is 0 Å². The molecular formula is C12H18N2O3. The molecule has 0 aromatic carbocycles. The van der Waals surface area contributed by atoms with Gasteiger partial charge in [-0.25, -0.2) is 4.98 Å². The van der Waals surface area contributed by atoms with Crippen molar-refractivity contribution in [3.63, 3.8) is 0 Å². The summed E-state index contributed by atoms with van der Waals surface area (Å²) in [5, 5.41) is 0. The number of nitrogens with zero attached hydrogens (tertiary/aromatic N) is 2. The lowest BCUT2D eigenvalue weighted by Crippen LogP contribution is -2.09. The standard InChI is InChI=1S/C12H18N2O3/c1-3-4-5-11-13-10(9-15)8-14(11)7-6-12(16)17-2/h8-9H,3-7H2,1-2H3. The van der Waals surface area contributed by atoms with E-state index in [-0.39, 0.29) is 5.97 Å². The van der Waals surface area contributed by atoms with Gasteiger partial charge in [0.2, 0.25) is 0 Å². The zero-order valence-corrected chi connectivity index (χ0v) is 10.3. The van der Waals surface area contributed by atoms with Crippen LogP contribution in [0.3, 0.4) is 0 Å². The molecule has 1 heterocycles. The van der Waals surface area contributed by atoms with Gasteiger partial charge in [0, 0.05) is 19.2 Å². The molecule has 0 aliphatic rings. The van der Waals surface area contributed by atoms with Crippen molar-refractivity contribution in [3.05, 3.63) is 17.7 Å². The smallest absolute Gasteiger partial charge is 0.307 e. The molecule has 0 unspecified atom stereocenters. The number of unbranched alkanes of at least 4 members (excludes halogenated alkanes) is 1. The number of carbonyl (C=O) groups excluding carboxylic acids is 2. The fraction of sp³-hybridized carbons (Fsp3) is 0.583. The van der Waals surface area contributed by atoms with Crippen LogP contribution in [-0.2, 0) is 22.5 Å². The van der Waals surface area contributed by atoms with Crippen LogP contribution < -0.4 is 0 Å². The van der Waals surface area contributed by atoms with Crippen molar-refractivity contribution >= 4 is 12.3 Å². The highest BCUT2D eigenvalue weighted by molar-refractivity contribution is 5.71. The zero-order chi connectivity index (χ0) is 12.7. The first-order valence-corrected chi connectivity index (χ1v) is 5.79. The third-order valence-electron chi connectivity index (χ3n) is 2.54. The molecule has 0 aliphatic heterocycles. The molecule has 17 heavy (non-hydrogen) atoms. The van der Waals surface area contributed by atoms with E-state index in [0.717, 1.165) is 31.4 Å². The number of ether oxygens (including phenoxy) is 1. The Bertz CT molecular complexity index is 385. The quantitative estimate of drug-likeness (QED) is 0.534. The van der Waals surface area contributed by atoms with Crippen LogP contribution in [0.5, 0.6) is 0 Å². The number of esters is 1. The lowest BCUT2D eigenvalue weighted by molar-refractivity contribution is -0.140. The molecule has 1 aromatic rings. The maximum atomic E-state index is 11.1. The van der Waals surface area contributed by atoms with E-state index in [4.69, 9.17) is 0 Å². The van der Waals surface area contributed by atoms with Gasteiger partial charge in [-0.15, -0.1) is 0 Å². The number of carbonyl (C=O) groups is 2. The first-order valence-electron chi connectivity index (χ1n) is 5.79. The lowest BCUT2D eigenvalue weighted by Gasteiger charge is -2.06. The minimum absolute atomic E-state index is 0.257. The fourth-order valence-electron chi connectivity index (χ4n) is 1.57. The van der Waals surface area contributed by atoms with Gasteiger partial charge in [-0.1, -0.05) is 13.3 Å². The highest BCUT2D eigenvalue weighted by Crippen LogP contribution is 2.07. The number of aryl methyl sites for hydroxylation is 2. The van der Waals surface area contributed by atoms with Gasteiger partial charge in [0.25, 0.3) is 0 Å². The van der Waals surface area contributed by atoms with Crippen LogP contribution in [-0.4, -0.2) is 28.9 Å². The Hall–Kier alpha value is -1.65. The molecule has 0 saturated carbocycles. The molecule has 0 radical (unpaired) electrons. The SMILES string of the molecule is CCCCc1nc(C=O)cn1CCC(=O)OC. The molecule has 0 spiro atoms. The van der Waals surface area contributed by atoms with Crippen molar-refractivity contribution in [2.24, 2.45) is 0 Å². The summed E-state index contributed by atoms with van der Waals surface area (Å²) in [7, 11) is 1.37. The van der Waals surface area contributed by atoms with Crippen LogP contribution in [0.4, 0.5) is 0 Å². The van der Waals surface area contributed by atoms with Gasteiger partial charge in [0.15, 0.2) is 6.29 Å². The number of aromatic nitrogens is 2. The molecule has 0 bridgehead atoms. The highest BCUT2D eigenvalue weighted by atomic mass is 16.5. The van der Waals surface area contributed by atoms with Gasteiger partial charge in [0.1, 0.15) is 11.5 Å². The van der Waals surface area contributed by atoms with Gasteiger partial charge in [-0.05, 0) is 6.42 Å². The summed E-state index contributed by atoms with van der Waals surface area (Å²) < 4.78 is 6.44. The van der Waals surface area contributed by atoms with Crippen LogP contribution in [0, 0.1) is 0 Å². The molecule has 0 amide bonds. The van der Waals surface area contributed by atoms with Crippen LogP contribution in [0.15, 0.2) is 6.20 Å². The van der Waals surface area contributed by atoms with Crippen LogP contribution in [0.1, 0.15) is 42.5 Å². The third kappa shape index (κ3) is 4.01. The number of rotatable bonds is 7. The Morgan fingerprint density at radius 1 is 1.59 bits per heavy atom. The monoisotopic (exact) mass is 238 g/mol. The van der Waals surface area contributed by atoms with Crippen LogP contribution >= 0.6 is 0 Å². The highest BCUT2D eigenvalue weighted by Gasteiger charge is 2.09. The van der Waals surface area contributed by atoms with Crippen molar-refractivity contribution in [3.8, 4) is 0 Å². The number of methoxy groups -OCH3 is 1. The first-order chi connectivity index (χ1) is 8.21. The molecule has 0 N–H and O–H groups in total. The number of hydrogen-bond acceptors (Lipinski definition) is 4. The van der Waals surface area contributed by atoms with Crippen molar-refractivity contribution in [2.75, 3.05) is 7.11 Å². The molecule has 94 valence electrons. The predicted molar refractivity (Wildman–Crippen MR) is 62.9 cm³/mol. The van der Waals surface area contributed by atoms with Crippen LogP contribution in [0.2, 0.25) is 0 Å². The summed E-state index contributed by atoms with van der Waals surface area (Å²) in [6, 6.07) is 0. The fourth-order valence-corrected chi connectivity index (χ4v) is 1.57. The first kappa shape index (κ1) is 13.4.